The monoisotopic (exact) mass is 384 g/mol. The van der Waals surface area contributed by atoms with Crippen molar-refractivity contribution in [3.8, 4) is 0 Å². The molecule has 0 aliphatic rings. The van der Waals surface area contributed by atoms with Gasteiger partial charge >= 0.3 is 11.8 Å². The molecule has 4 nitrogen and oxygen atoms in total. The van der Waals surface area contributed by atoms with E-state index in [1.54, 1.807) is 18.2 Å². The standard InChI is InChI=1S/C15H17IN2O2/c1-4-8-18(9-5-2)15(20)14(19)17-13-7-6-12(16)10-11(13)3/h4-7,10H,1-2,8-9H2,3H3,(H,17,19). The summed E-state index contributed by atoms with van der Waals surface area (Å²) < 4.78 is 1.07. The molecule has 0 saturated heterocycles. The van der Waals surface area contributed by atoms with Crippen LogP contribution in [0.25, 0.3) is 0 Å². The molecule has 0 spiro atoms. The summed E-state index contributed by atoms with van der Waals surface area (Å²) >= 11 is 2.19. The SMILES string of the molecule is C=CCN(CC=C)C(=O)C(=O)Nc1ccc(I)cc1C. The van der Waals surface area contributed by atoms with Crippen molar-refractivity contribution in [1.82, 2.24) is 4.90 Å². The van der Waals surface area contributed by atoms with Crippen molar-refractivity contribution in [2.45, 2.75) is 6.92 Å². The molecule has 0 aromatic heterocycles. The minimum Gasteiger partial charge on any atom is -0.327 e. The summed E-state index contributed by atoms with van der Waals surface area (Å²) in [7, 11) is 0. The summed E-state index contributed by atoms with van der Waals surface area (Å²) in [5.41, 5.74) is 1.55. The number of aryl methyl sites for hydroxylation is 1. The summed E-state index contributed by atoms with van der Waals surface area (Å²) in [6.07, 6.45) is 3.15. The summed E-state index contributed by atoms with van der Waals surface area (Å²) in [6, 6.07) is 5.60. The van der Waals surface area contributed by atoms with Crippen LogP contribution in [0.2, 0.25) is 0 Å². The quantitative estimate of drug-likeness (QED) is 0.482. The molecule has 0 unspecified atom stereocenters. The number of halogens is 1. The van der Waals surface area contributed by atoms with Crippen molar-refractivity contribution in [2.75, 3.05) is 18.4 Å². The molecule has 0 saturated carbocycles. The van der Waals surface area contributed by atoms with Crippen LogP contribution in [0.5, 0.6) is 0 Å². The van der Waals surface area contributed by atoms with Gasteiger partial charge in [-0.2, -0.15) is 0 Å². The maximum Gasteiger partial charge on any atom is 0.313 e. The predicted octanol–water partition coefficient (Wildman–Crippen LogP) is 2.74. The highest BCUT2D eigenvalue weighted by Crippen LogP contribution is 2.17. The number of carbonyl (C=O) groups excluding carboxylic acids is 2. The lowest BCUT2D eigenvalue weighted by Crippen LogP contribution is -2.40. The number of benzene rings is 1. The number of nitrogens with zero attached hydrogens (tertiary/aromatic N) is 1. The molecule has 0 radical (unpaired) electrons. The van der Waals surface area contributed by atoms with E-state index in [4.69, 9.17) is 0 Å². The van der Waals surface area contributed by atoms with Crippen molar-refractivity contribution in [1.29, 1.82) is 0 Å². The third-order valence-electron chi connectivity index (χ3n) is 2.62. The van der Waals surface area contributed by atoms with Gasteiger partial charge in [-0.3, -0.25) is 9.59 Å². The molecule has 0 heterocycles. The molecule has 1 N–H and O–H groups in total. The maximum atomic E-state index is 12.0. The third kappa shape index (κ3) is 4.48. The first-order valence-electron chi connectivity index (χ1n) is 6.07. The molecule has 0 fully saturated rings. The van der Waals surface area contributed by atoms with Crippen LogP contribution in [-0.4, -0.2) is 29.8 Å². The predicted molar refractivity (Wildman–Crippen MR) is 89.5 cm³/mol. The Labute approximate surface area is 132 Å². The topological polar surface area (TPSA) is 49.4 Å². The van der Waals surface area contributed by atoms with Crippen molar-refractivity contribution in [3.63, 3.8) is 0 Å². The summed E-state index contributed by atoms with van der Waals surface area (Å²) in [5, 5.41) is 2.63. The Balaban J connectivity index is 2.80. The second-order valence-corrected chi connectivity index (χ2v) is 5.45. The Morgan fingerprint density at radius 1 is 1.30 bits per heavy atom. The van der Waals surface area contributed by atoms with Gasteiger partial charge in [-0.1, -0.05) is 12.2 Å². The Morgan fingerprint density at radius 2 is 1.90 bits per heavy atom. The van der Waals surface area contributed by atoms with E-state index >= 15 is 0 Å². The molecule has 1 aromatic carbocycles. The van der Waals surface area contributed by atoms with Gasteiger partial charge in [-0.15, -0.1) is 13.2 Å². The van der Waals surface area contributed by atoms with Crippen molar-refractivity contribution in [3.05, 3.63) is 52.6 Å². The van der Waals surface area contributed by atoms with E-state index in [1.807, 2.05) is 19.1 Å². The minimum absolute atomic E-state index is 0.309. The van der Waals surface area contributed by atoms with E-state index in [1.165, 1.54) is 4.90 Å². The molecule has 5 heteroatoms. The zero-order chi connectivity index (χ0) is 15.1. The molecule has 106 valence electrons. The second kappa shape index (κ2) is 7.84. The first-order valence-corrected chi connectivity index (χ1v) is 7.15. The van der Waals surface area contributed by atoms with Gasteiger partial charge in [-0.05, 0) is 53.3 Å². The largest absolute Gasteiger partial charge is 0.327 e. The van der Waals surface area contributed by atoms with E-state index in [2.05, 4.69) is 41.1 Å². The van der Waals surface area contributed by atoms with Crippen LogP contribution in [0, 0.1) is 10.5 Å². The van der Waals surface area contributed by atoms with Gasteiger partial charge in [-0.25, -0.2) is 0 Å². The maximum absolute atomic E-state index is 12.0. The van der Waals surface area contributed by atoms with Crippen LogP contribution in [0.1, 0.15) is 5.56 Å². The highest BCUT2D eigenvalue weighted by Gasteiger charge is 2.20. The van der Waals surface area contributed by atoms with Gasteiger partial charge in [0.1, 0.15) is 0 Å². The van der Waals surface area contributed by atoms with Crippen LogP contribution in [0.3, 0.4) is 0 Å². The Hall–Kier alpha value is -1.63. The second-order valence-electron chi connectivity index (χ2n) is 4.20. The fraction of sp³-hybridized carbons (Fsp3) is 0.200. The number of hydrogen-bond donors (Lipinski definition) is 1. The molecule has 20 heavy (non-hydrogen) atoms. The molecule has 2 amide bonds. The van der Waals surface area contributed by atoms with Gasteiger partial charge in [0.05, 0.1) is 0 Å². The van der Waals surface area contributed by atoms with Gasteiger partial charge in [0, 0.05) is 22.3 Å². The van der Waals surface area contributed by atoms with Gasteiger partial charge < -0.3 is 10.2 Å². The Morgan fingerprint density at radius 3 is 2.40 bits per heavy atom. The average Bonchev–Trinajstić information content (AvgIpc) is 2.40. The van der Waals surface area contributed by atoms with E-state index < -0.39 is 11.8 Å². The van der Waals surface area contributed by atoms with Crippen LogP contribution < -0.4 is 5.32 Å². The highest BCUT2D eigenvalue weighted by atomic mass is 127. The van der Waals surface area contributed by atoms with Gasteiger partial charge in [0.25, 0.3) is 0 Å². The molecule has 0 bridgehead atoms. The van der Waals surface area contributed by atoms with Crippen LogP contribution >= 0.6 is 22.6 Å². The van der Waals surface area contributed by atoms with Crippen LogP contribution in [0.15, 0.2) is 43.5 Å². The number of rotatable bonds is 5. The molecule has 0 aliphatic carbocycles. The van der Waals surface area contributed by atoms with E-state index in [0.29, 0.717) is 18.8 Å². The zero-order valence-electron chi connectivity index (χ0n) is 11.4. The fourth-order valence-electron chi connectivity index (χ4n) is 1.64. The molecule has 0 atom stereocenters. The lowest BCUT2D eigenvalue weighted by atomic mass is 10.2. The van der Waals surface area contributed by atoms with Crippen LogP contribution in [0.4, 0.5) is 5.69 Å². The molecule has 1 aromatic rings. The number of carbonyl (C=O) groups is 2. The minimum atomic E-state index is -0.655. The Bertz CT molecular complexity index is 531. The fourth-order valence-corrected chi connectivity index (χ4v) is 2.29. The lowest BCUT2D eigenvalue weighted by Gasteiger charge is -2.18. The summed E-state index contributed by atoms with van der Waals surface area (Å²) in [4.78, 5) is 25.4. The average molecular weight is 384 g/mol. The first kappa shape index (κ1) is 16.4. The zero-order valence-corrected chi connectivity index (χ0v) is 13.5. The van der Waals surface area contributed by atoms with Gasteiger partial charge in [0.15, 0.2) is 0 Å². The molecule has 1 rings (SSSR count). The van der Waals surface area contributed by atoms with E-state index in [-0.39, 0.29) is 0 Å². The number of nitrogens with one attached hydrogen (secondary N) is 1. The normalized spacial score (nSPS) is 9.70. The van der Waals surface area contributed by atoms with Crippen LogP contribution in [-0.2, 0) is 9.59 Å². The summed E-state index contributed by atoms with van der Waals surface area (Å²) in [6.45, 7) is 9.64. The van der Waals surface area contributed by atoms with Gasteiger partial charge in [0.2, 0.25) is 0 Å². The van der Waals surface area contributed by atoms with E-state index in [9.17, 15) is 9.59 Å². The summed E-state index contributed by atoms with van der Waals surface area (Å²) in [5.74, 6) is -1.25. The van der Waals surface area contributed by atoms with Crippen molar-refractivity contribution >= 4 is 40.1 Å². The molecular weight excluding hydrogens is 367 g/mol. The number of amides is 2. The number of hydrogen-bond acceptors (Lipinski definition) is 2. The smallest absolute Gasteiger partial charge is 0.313 e. The first-order chi connectivity index (χ1) is 9.49. The van der Waals surface area contributed by atoms with Crippen molar-refractivity contribution in [2.24, 2.45) is 0 Å². The lowest BCUT2D eigenvalue weighted by molar-refractivity contribution is -0.142. The molecule has 0 aliphatic heterocycles. The highest BCUT2D eigenvalue weighted by molar-refractivity contribution is 14.1. The van der Waals surface area contributed by atoms with E-state index in [0.717, 1.165) is 9.13 Å². The Kier molecular flexibility index (Phi) is 6.44. The molecular formula is C15H17IN2O2. The van der Waals surface area contributed by atoms with Crippen molar-refractivity contribution < 1.29 is 9.59 Å². The third-order valence-corrected chi connectivity index (χ3v) is 3.29. The number of anilines is 1.